The van der Waals surface area contributed by atoms with Gasteiger partial charge in [0.1, 0.15) is 24.8 Å². The van der Waals surface area contributed by atoms with Crippen LogP contribution in [0.4, 0.5) is 4.39 Å². The summed E-state index contributed by atoms with van der Waals surface area (Å²) in [4.78, 5) is 12.0. The maximum Gasteiger partial charge on any atom is 0.331 e. The zero-order valence-electron chi connectivity index (χ0n) is 17.3. The van der Waals surface area contributed by atoms with Crippen molar-refractivity contribution in [1.29, 1.82) is 0 Å². The van der Waals surface area contributed by atoms with Gasteiger partial charge in [-0.25, -0.2) is 9.18 Å². The predicted molar refractivity (Wildman–Crippen MR) is 114 cm³/mol. The quantitative estimate of drug-likeness (QED) is 0.340. The molecule has 0 saturated carbocycles. The third-order valence-corrected chi connectivity index (χ3v) is 4.89. The third kappa shape index (κ3) is 5.86. The molecule has 0 atom stereocenters. The van der Waals surface area contributed by atoms with Crippen molar-refractivity contribution in [3.8, 4) is 11.5 Å². The molecular weight excluding hydrogens is 425 g/mol. The highest BCUT2D eigenvalue weighted by Gasteiger charge is 2.12. The molecule has 6 nitrogen and oxygen atoms in total. The van der Waals surface area contributed by atoms with Crippen LogP contribution in [-0.2, 0) is 22.7 Å². The standard InChI is InChI=1S/C23H21ClFNO5/c1-14-19(15(2)31-26-14)13-29-21-8-4-16(10-22(21)28-3)5-9-23(27)30-12-17-6-7-18(25)11-20(17)24/h4-11H,12-13H2,1-3H3/b9-5+. The highest BCUT2D eigenvalue weighted by Crippen LogP contribution is 2.30. The Bertz CT molecular complexity index is 1090. The molecule has 1 aromatic heterocycles. The van der Waals surface area contributed by atoms with Gasteiger partial charge in [-0.1, -0.05) is 28.9 Å². The number of hydrogen-bond acceptors (Lipinski definition) is 6. The van der Waals surface area contributed by atoms with Crippen LogP contribution < -0.4 is 9.47 Å². The molecular formula is C23H21ClFNO5. The van der Waals surface area contributed by atoms with E-state index in [-0.39, 0.29) is 11.6 Å². The van der Waals surface area contributed by atoms with Gasteiger partial charge in [-0.2, -0.15) is 0 Å². The Morgan fingerprint density at radius 3 is 2.65 bits per heavy atom. The molecule has 0 aliphatic rings. The van der Waals surface area contributed by atoms with Gasteiger partial charge in [-0.05, 0) is 49.8 Å². The fraction of sp³-hybridized carbons (Fsp3) is 0.217. The van der Waals surface area contributed by atoms with Crippen LogP contribution in [0, 0.1) is 19.7 Å². The number of methoxy groups -OCH3 is 1. The SMILES string of the molecule is COc1cc(/C=C/C(=O)OCc2ccc(F)cc2Cl)ccc1OCc1c(C)noc1C. The van der Waals surface area contributed by atoms with Crippen molar-refractivity contribution in [3.05, 3.63) is 81.5 Å². The van der Waals surface area contributed by atoms with Gasteiger partial charge < -0.3 is 18.7 Å². The number of rotatable bonds is 8. The van der Waals surface area contributed by atoms with Crippen LogP contribution in [0.3, 0.4) is 0 Å². The van der Waals surface area contributed by atoms with Gasteiger partial charge in [0.15, 0.2) is 11.5 Å². The number of nitrogens with zero attached hydrogens (tertiary/aromatic N) is 1. The van der Waals surface area contributed by atoms with Gasteiger partial charge in [-0.15, -0.1) is 0 Å². The number of carbonyl (C=O) groups excluding carboxylic acids is 1. The number of esters is 1. The van der Waals surface area contributed by atoms with Gasteiger partial charge in [0.2, 0.25) is 0 Å². The number of aryl methyl sites for hydroxylation is 2. The zero-order valence-corrected chi connectivity index (χ0v) is 18.0. The smallest absolute Gasteiger partial charge is 0.331 e. The first-order valence-electron chi connectivity index (χ1n) is 9.38. The Kier molecular flexibility index (Phi) is 7.31. The van der Waals surface area contributed by atoms with E-state index in [1.807, 2.05) is 13.8 Å². The second-order valence-corrected chi connectivity index (χ2v) is 7.09. The average molecular weight is 446 g/mol. The maximum atomic E-state index is 13.1. The highest BCUT2D eigenvalue weighted by molar-refractivity contribution is 6.31. The lowest BCUT2D eigenvalue weighted by atomic mass is 10.2. The summed E-state index contributed by atoms with van der Waals surface area (Å²) in [6.07, 6.45) is 2.88. The number of halogens is 2. The molecule has 0 aliphatic carbocycles. The highest BCUT2D eigenvalue weighted by atomic mass is 35.5. The maximum absolute atomic E-state index is 13.1. The summed E-state index contributed by atoms with van der Waals surface area (Å²) in [6, 6.07) is 9.17. The van der Waals surface area contributed by atoms with Gasteiger partial charge >= 0.3 is 5.97 Å². The Morgan fingerprint density at radius 1 is 1.16 bits per heavy atom. The van der Waals surface area contributed by atoms with E-state index in [0.717, 1.165) is 16.8 Å². The molecule has 0 bridgehead atoms. The van der Waals surface area contributed by atoms with Crippen LogP contribution in [0.25, 0.3) is 6.08 Å². The average Bonchev–Trinajstić information content (AvgIpc) is 3.07. The Morgan fingerprint density at radius 2 is 1.97 bits per heavy atom. The summed E-state index contributed by atoms with van der Waals surface area (Å²) in [5, 5.41) is 4.11. The summed E-state index contributed by atoms with van der Waals surface area (Å²) in [5.41, 5.74) is 2.90. The molecule has 8 heteroatoms. The lowest BCUT2D eigenvalue weighted by Crippen LogP contribution is -2.01. The zero-order chi connectivity index (χ0) is 22.4. The van der Waals surface area contributed by atoms with Crippen LogP contribution in [0.5, 0.6) is 11.5 Å². The topological polar surface area (TPSA) is 70.8 Å². The van der Waals surface area contributed by atoms with E-state index < -0.39 is 11.8 Å². The molecule has 0 unspecified atom stereocenters. The van der Waals surface area contributed by atoms with E-state index >= 15 is 0 Å². The van der Waals surface area contributed by atoms with Crippen molar-refractivity contribution < 1.29 is 27.9 Å². The molecule has 0 amide bonds. The molecule has 2 aromatic carbocycles. The monoisotopic (exact) mass is 445 g/mol. The number of benzene rings is 2. The van der Waals surface area contributed by atoms with E-state index in [0.29, 0.717) is 29.4 Å². The fourth-order valence-corrected chi connectivity index (χ4v) is 2.99. The normalized spacial score (nSPS) is 11.0. The van der Waals surface area contributed by atoms with Gasteiger partial charge in [0.25, 0.3) is 0 Å². The second-order valence-electron chi connectivity index (χ2n) is 6.68. The summed E-state index contributed by atoms with van der Waals surface area (Å²) < 4.78 is 34.6. The first-order chi connectivity index (χ1) is 14.9. The van der Waals surface area contributed by atoms with Crippen LogP contribution >= 0.6 is 11.6 Å². The van der Waals surface area contributed by atoms with E-state index in [9.17, 15) is 9.18 Å². The first-order valence-corrected chi connectivity index (χ1v) is 9.76. The number of carbonyl (C=O) groups is 1. The lowest BCUT2D eigenvalue weighted by Gasteiger charge is -2.11. The van der Waals surface area contributed by atoms with Crippen molar-refractivity contribution >= 4 is 23.6 Å². The molecule has 0 radical (unpaired) electrons. The van der Waals surface area contributed by atoms with Crippen molar-refractivity contribution in [2.75, 3.05) is 7.11 Å². The van der Waals surface area contributed by atoms with Crippen LogP contribution in [0.1, 0.15) is 28.1 Å². The summed E-state index contributed by atoms with van der Waals surface area (Å²) >= 11 is 5.93. The number of hydrogen-bond donors (Lipinski definition) is 0. The Balaban J connectivity index is 1.60. The molecule has 3 rings (SSSR count). The minimum Gasteiger partial charge on any atom is -0.493 e. The minimum atomic E-state index is -0.557. The van der Waals surface area contributed by atoms with Crippen molar-refractivity contribution in [1.82, 2.24) is 5.16 Å². The Labute approximate surface area is 184 Å². The molecule has 31 heavy (non-hydrogen) atoms. The molecule has 0 aliphatic heterocycles. The molecule has 1 heterocycles. The largest absolute Gasteiger partial charge is 0.493 e. The minimum absolute atomic E-state index is 0.0555. The van der Waals surface area contributed by atoms with E-state index in [4.69, 9.17) is 30.3 Å². The summed E-state index contributed by atoms with van der Waals surface area (Å²) in [6.45, 7) is 3.92. The molecule has 0 saturated heterocycles. The van der Waals surface area contributed by atoms with Crippen LogP contribution in [0.2, 0.25) is 5.02 Å². The summed E-state index contributed by atoms with van der Waals surface area (Å²) in [5.74, 6) is 0.760. The predicted octanol–water partition coefficient (Wildman–Crippen LogP) is 5.43. The third-order valence-electron chi connectivity index (χ3n) is 4.54. The van der Waals surface area contributed by atoms with E-state index in [1.165, 1.54) is 31.4 Å². The van der Waals surface area contributed by atoms with Gasteiger partial charge in [0.05, 0.1) is 23.4 Å². The Hall–Kier alpha value is -3.32. The first kappa shape index (κ1) is 22.4. The molecule has 3 aromatic rings. The van der Waals surface area contributed by atoms with Gasteiger partial charge in [-0.3, -0.25) is 0 Å². The lowest BCUT2D eigenvalue weighted by molar-refractivity contribution is -0.138. The molecule has 162 valence electrons. The second kappa shape index (κ2) is 10.1. The molecule has 0 N–H and O–H groups in total. The van der Waals surface area contributed by atoms with Crippen molar-refractivity contribution in [2.24, 2.45) is 0 Å². The molecule has 0 spiro atoms. The fourth-order valence-electron chi connectivity index (χ4n) is 2.76. The summed E-state index contributed by atoms with van der Waals surface area (Å²) in [7, 11) is 1.53. The van der Waals surface area contributed by atoms with Gasteiger partial charge in [0, 0.05) is 11.6 Å². The van der Waals surface area contributed by atoms with E-state index in [2.05, 4.69) is 5.16 Å². The molecule has 0 fully saturated rings. The van der Waals surface area contributed by atoms with E-state index in [1.54, 1.807) is 24.3 Å². The van der Waals surface area contributed by atoms with Crippen LogP contribution in [-0.4, -0.2) is 18.2 Å². The number of aromatic nitrogens is 1. The number of ether oxygens (including phenoxy) is 3. The van der Waals surface area contributed by atoms with Crippen molar-refractivity contribution in [2.45, 2.75) is 27.1 Å². The van der Waals surface area contributed by atoms with Crippen LogP contribution in [0.15, 0.2) is 47.0 Å². The van der Waals surface area contributed by atoms with Crippen molar-refractivity contribution in [3.63, 3.8) is 0 Å².